The maximum absolute atomic E-state index is 10.7. The van der Waals surface area contributed by atoms with E-state index >= 15 is 0 Å². The first-order chi connectivity index (χ1) is 5.04. The quantitative estimate of drug-likeness (QED) is 0.313. The van der Waals surface area contributed by atoms with E-state index in [9.17, 15) is 4.79 Å². The second-order valence-electron chi connectivity index (χ2n) is 2.66. The lowest BCUT2D eigenvalue weighted by Crippen LogP contribution is -2.53. The monoisotopic (exact) mass is 162 g/mol. The molecule has 5 nitrogen and oxygen atoms in total. The maximum Gasteiger partial charge on any atom is 0.166 e. The lowest BCUT2D eigenvalue weighted by Gasteiger charge is -2.30. The van der Waals surface area contributed by atoms with E-state index in [-0.39, 0.29) is 6.42 Å². The van der Waals surface area contributed by atoms with Gasteiger partial charge in [0.1, 0.15) is 18.3 Å². The number of hydrogen-bond donors (Lipinski definition) is 4. The Morgan fingerprint density at radius 3 is 2.18 bits per heavy atom. The van der Waals surface area contributed by atoms with E-state index in [1.165, 1.54) is 0 Å². The number of carbonyl (C=O) groups excluding carboxylic acids is 1. The van der Waals surface area contributed by atoms with Crippen molar-refractivity contribution in [2.75, 3.05) is 0 Å². The van der Waals surface area contributed by atoms with Gasteiger partial charge in [-0.1, -0.05) is 0 Å². The zero-order chi connectivity index (χ0) is 8.59. The summed E-state index contributed by atoms with van der Waals surface area (Å²) in [5.41, 5.74) is 0. The van der Waals surface area contributed by atoms with Crippen molar-refractivity contribution >= 4 is 5.78 Å². The minimum atomic E-state index is -1.56. The largest absolute Gasteiger partial charge is 0.390 e. The topological polar surface area (TPSA) is 98.0 Å². The first-order valence-corrected chi connectivity index (χ1v) is 3.29. The van der Waals surface area contributed by atoms with Gasteiger partial charge in [-0.3, -0.25) is 4.79 Å². The number of ketones is 1. The molecule has 1 aliphatic rings. The van der Waals surface area contributed by atoms with Gasteiger partial charge in [0.25, 0.3) is 0 Å². The Bertz CT molecular complexity index is 168. The van der Waals surface area contributed by atoms with Crippen LogP contribution in [0.15, 0.2) is 0 Å². The molecule has 0 aromatic heterocycles. The molecule has 11 heavy (non-hydrogen) atoms. The minimum Gasteiger partial charge on any atom is -0.390 e. The molecule has 0 aromatic rings. The molecule has 0 saturated heterocycles. The van der Waals surface area contributed by atoms with Gasteiger partial charge >= 0.3 is 0 Å². The Kier molecular flexibility index (Phi) is 2.24. The third kappa shape index (κ3) is 1.41. The Balaban J connectivity index is 2.70. The Morgan fingerprint density at radius 1 is 1.09 bits per heavy atom. The summed E-state index contributed by atoms with van der Waals surface area (Å²) in [4.78, 5) is 10.7. The van der Waals surface area contributed by atoms with E-state index in [2.05, 4.69) is 0 Å². The zero-order valence-electron chi connectivity index (χ0n) is 5.71. The molecule has 4 atom stereocenters. The lowest BCUT2D eigenvalue weighted by atomic mass is 9.89. The summed E-state index contributed by atoms with van der Waals surface area (Å²) in [5.74, 6) is -0.643. The fraction of sp³-hybridized carbons (Fsp3) is 0.833. The summed E-state index contributed by atoms with van der Waals surface area (Å²) in [7, 11) is 0. The van der Waals surface area contributed by atoms with Crippen LogP contribution >= 0.6 is 0 Å². The number of Topliss-reactive ketones (excluding diaryl/α,β-unsaturated/α-hetero) is 1. The van der Waals surface area contributed by atoms with Gasteiger partial charge in [0, 0.05) is 6.42 Å². The highest BCUT2D eigenvalue weighted by molar-refractivity contribution is 5.85. The zero-order valence-corrected chi connectivity index (χ0v) is 5.71. The fourth-order valence-electron chi connectivity index (χ4n) is 1.05. The average molecular weight is 162 g/mol. The van der Waals surface area contributed by atoms with E-state index in [1.54, 1.807) is 0 Å². The first kappa shape index (κ1) is 8.61. The second-order valence-corrected chi connectivity index (χ2v) is 2.66. The highest BCUT2D eigenvalue weighted by atomic mass is 16.4. The van der Waals surface area contributed by atoms with Crippen molar-refractivity contribution in [1.29, 1.82) is 0 Å². The van der Waals surface area contributed by atoms with E-state index in [0.29, 0.717) is 0 Å². The molecule has 4 N–H and O–H groups in total. The van der Waals surface area contributed by atoms with Gasteiger partial charge in [-0.25, -0.2) is 0 Å². The Morgan fingerprint density at radius 2 is 1.64 bits per heavy atom. The molecule has 1 aliphatic carbocycles. The van der Waals surface area contributed by atoms with Crippen molar-refractivity contribution in [3.05, 3.63) is 0 Å². The van der Waals surface area contributed by atoms with Crippen LogP contribution in [0.2, 0.25) is 0 Å². The number of aliphatic hydroxyl groups is 4. The van der Waals surface area contributed by atoms with Gasteiger partial charge in [0.05, 0.1) is 6.10 Å². The molecule has 0 radical (unpaired) electrons. The van der Waals surface area contributed by atoms with Crippen LogP contribution in [0.3, 0.4) is 0 Å². The normalized spacial score (nSPS) is 46.0. The smallest absolute Gasteiger partial charge is 0.166 e. The highest BCUT2D eigenvalue weighted by Crippen LogP contribution is 2.16. The second kappa shape index (κ2) is 2.86. The van der Waals surface area contributed by atoms with Crippen molar-refractivity contribution in [2.45, 2.75) is 30.8 Å². The van der Waals surface area contributed by atoms with E-state index < -0.39 is 30.2 Å². The number of aliphatic hydroxyl groups excluding tert-OH is 4. The van der Waals surface area contributed by atoms with Crippen molar-refractivity contribution in [2.24, 2.45) is 0 Å². The molecule has 0 amide bonds. The van der Waals surface area contributed by atoms with Crippen molar-refractivity contribution in [1.82, 2.24) is 0 Å². The van der Waals surface area contributed by atoms with E-state index in [1.807, 2.05) is 0 Å². The minimum absolute atomic E-state index is 0.306. The predicted molar refractivity (Wildman–Crippen MR) is 33.7 cm³/mol. The van der Waals surface area contributed by atoms with Crippen LogP contribution in [-0.4, -0.2) is 50.6 Å². The molecule has 0 aromatic carbocycles. The van der Waals surface area contributed by atoms with E-state index in [0.717, 1.165) is 0 Å². The highest BCUT2D eigenvalue weighted by Gasteiger charge is 2.40. The predicted octanol–water partition coefficient (Wildman–Crippen LogP) is -2.60. The molecule has 0 heterocycles. The molecular formula is C6H10O5. The number of hydrogen-bond acceptors (Lipinski definition) is 5. The first-order valence-electron chi connectivity index (χ1n) is 3.29. The van der Waals surface area contributed by atoms with E-state index in [4.69, 9.17) is 20.4 Å². The van der Waals surface area contributed by atoms with Crippen molar-refractivity contribution in [3.8, 4) is 0 Å². The Labute approximate surface area is 62.9 Å². The maximum atomic E-state index is 10.7. The molecular weight excluding hydrogens is 152 g/mol. The van der Waals surface area contributed by atoms with Crippen LogP contribution in [0, 0.1) is 0 Å². The van der Waals surface area contributed by atoms with Crippen LogP contribution in [0.1, 0.15) is 6.42 Å². The molecule has 1 saturated carbocycles. The van der Waals surface area contributed by atoms with Crippen LogP contribution < -0.4 is 0 Å². The summed E-state index contributed by atoms with van der Waals surface area (Å²) in [6.07, 6.45) is -6.12. The van der Waals surface area contributed by atoms with Gasteiger partial charge in [-0.2, -0.15) is 0 Å². The molecule has 5 heteroatoms. The van der Waals surface area contributed by atoms with Gasteiger partial charge in [0.2, 0.25) is 0 Å². The van der Waals surface area contributed by atoms with Crippen molar-refractivity contribution in [3.63, 3.8) is 0 Å². The molecule has 0 bridgehead atoms. The summed E-state index contributed by atoms with van der Waals surface area (Å²) in [6.45, 7) is 0. The van der Waals surface area contributed by atoms with Gasteiger partial charge in [0.15, 0.2) is 5.78 Å². The third-order valence-electron chi connectivity index (χ3n) is 1.81. The third-order valence-corrected chi connectivity index (χ3v) is 1.81. The lowest BCUT2D eigenvalue weighted by molar-refractivity contribution is -0.162. The van der Waals surface area contributed by atoms with Crippen LogP contribution in [-0.2, 0) is 4.79 Å². The van der Waals surface area contributed by atoms with Gasteiger partial charge in [-0.15, -0.1) is 0 Å². The fourth-order valence-corrected chi connectivity index (χ4v) is 1.05. The standard InChI is InChI=1S/C6H10O5/c7-2-1-3(8)5(10)6(11)4(2)9/h2,4-7,9-11H,1H2/t2-,4+,5+,6-/m1/s1. The average Bonchev–Trinajstić information content (AvgIpc) is 1.97. The summed E-state index contributed by atoms with van der Waals surface area (Å²) in [5, 5.41) is 35.6. The van der Waals surface area contributed by atoms with Gasteiger partial charge < -0.3 is 20.4 Å². The molecule has 0 aliphatic heterocycles. The molecule has 64 valence electrons. The van der Waals surface area contributed by atoms with Crippen molar-refractivity contribution < 1.29 is 25.2 Å². The Hall–Kier alpha value is -0.490. The molecule has 0 unspecified atom stereocenters. The van der Waals surface area contributed by atoms with Crippen LogP contribution in [0.4, 0.5) is 0 Å². The SMILES string of the molecule is O=C1C[C@@H](O)[C@H](O)[C@@H](O)[C@H]1O. The molecule has 1 rings (SSSR count). The molecule has 0 spiro atoms. The summed E-state index contributed by atoms with van der Waals surface area (Å²) in [6, 6.07) is 0. The summed E-state index contributed by atoms with van der Waals surface area (Å²) >= 11 is 0. The number of carbonyl (C=O) groups is 1. The van der Waals surface area contributed by atoms with Gasteiger partial charge in [-0.05, 0) is 0 Å². The van der Waals surface area contributed by atoms with Crippen LogP contribution in [0.25, 0.3) is 0 Å². The van der Waals surface area contributed by atoms with Crippen LogP contribution in [0.5, 0.6) is 0 Å². The number of rotatable bonds is 0. The molecule has 1 fully saturated rings. The summed E-state index contributed by atoms with van der Waals surface area (Å²) < 4.78 is 0.